The van der Waals surface area contributed by atoms with Crippen molar-refractivity contribution in [2.45, 2.75) is 66.3 Å². The first-order valence-electron chi connectivity index (χ1n) is 7.72. The average Bonchev–Trinajstić information content (AvgIpc) is 2.27. The number of carbonyl (C=O) groups is 1. The van der Waals surface area contributed by atoms with Gasteiger partial charge in [0, 0.05) is 6.04 Å². The van der Waals surface area contributed by atoms with Gasteiger partial charge >= 0.3 is 5.97 Å². The van der Waals surface area contributed by atoms with E-state index in [2.05, 4.69) is 32.6 Å². The third-order valence-electron chi connectivity index (χ3n) is 4.42. The summed E-state index contributed by atoms with van der Waals surface area (Å²) in [6, 6.07) is 0.623. The molecule has 0 unspecified atom stereocenters. The molecular formula is C16H31NO2. The van der Waals surface area contributed by atoms with E-state index in [1.165, 1.54) is 12.8 Å². The highest BCUT2D eigenvalue weighted by Crippen LogP contribution is 2.33. The Kier molecular flexibility index (Phi) is 5.84. The van der Waals surface area contributed by atoms with E-state index in [0.29, 0.717) is 17.9 Å². The van der Waals surface area contributed by atoms with E-state index in [9.17, 15) is 9.90 Å². The number of hydrogen-bond acceptors (Lipinski definition) is 2. The van der Waals surface area contributed by atoms with Crippen LogP contribution in [-0.4, -0.2) is 35.1 Å². The Hall–Kier alpha value is -0.570. The molecule has 1 fully saturated rings. The van der Waals surface area contributed by atoms with Gasteiger partial charge in [-0.25, -0.2) is 0 Å². The molecule has 112 valence electrons. The molecule has 0 atom stereocenters. The second-order valence-corrected chi connectivity index (χ2v) is 7.31. The molecule has 1 heterocycles. The highest BCUT2D eigenvalue weighted by atomic mass is 16.4. The van der Waals surface area contributed by atoms with Crippen LogP contribution in [0.2, 0.25) is 0 Å². The molecule has 0 aromatic carbocycles. The molecule has 0 bridgehead atoms. The molecule has 19 heavy (non-hydrogen) atoms. The lowest BCUT2D eigenvalue weighted by Crippen LogP contribution is -2.47. The molecule has 0 aliphatic carbocycles. The summed E-state index contributed by atoms with van der Waals surface area (Å²) in [5, 5.41) is 9.29. The molecule has 0 saturated carbocycles. The van der Waals surface area contributed by atoms with Gasteiger partial charge in [-0.2, -0.15) is 0 Å². The van der Waals surface area contributed by atoms with Crippen molar-refractivity contribution in [2.24, 2.45) is 17.3 Å². The average molecular weight is 269 g/mol. The minimum atomic E-state index is -0.628. The number of carboxylic acid groups (broad SMARTS) is 1. The first-order valence-corrected chi connectivity index (χ1v) is 7.72. The van der Waals surface area contributed by atoms with E-state index in [-0.39, 0.29) is 0 Å². The van der Waals surface area contributed by atoms with Crippen molar-refractivity contribution < 1.29 is 9.90 Å². The van der Waals surface area contributed by atoms with Crippen molar-refractivity contribution in [1.82, 2.24) is 4.90 Å². The van der Waals surface area contributed by atoms with Gasteiger partial charge in [0.2, 0.25) is 0 Å². The normalized spacial score (nSPS) is 20.4. The molecule has 0 spiro atoms. The van der Waals surface area contributed by atoms with Gasteiger partial charge in [0.15, 0.2) is 0 Å². The molecule has 0 aromatic heterocycles. The minimum Gasteiger partial charge on any atom is -0.481 e. The SMILES string of the molecule is CC(C)CC(CC(C)C)N1CCC(C)(C(=O)O)CC1. The largest absolute Gasteiger partial charge is 0.481 e. The van der Waals surface area contributed by atoms with Crippen LogP contribution in [0.3, 0.4) is 0 Å². The van der Waals surface area contributed by atoms with E-state index in [0.717, 1.165) is 25.9 Å². The second-order valence-electron chi connectivity index (χ2n) is 7.31. The van der Waals surface area contributed by atoms with Gasteiger partial charge in [0.25, 0.3) is 0 Å². The summed E-state index contributed by atoms with van der Waals surface area (Å²) in [5.41, 5.74) is -0.503. The molecule has 0 radical (unpaired) electrons. The van der Waals surface area contributed by atoms with E-state index in [1.54, 1.807) is 0 Å². The monoisotopic (exact) mass is 269 g/mol. The summed E-state index contributed by atoms with van der Waals surface area (Å²) in [6.45, 7) is 12.9. The van der Waals surface area contributed by atoms with E-state index in [1.807, 2.05) is 6.92 Å². The molecule has 0 amide bonds. The second kappa shape index (κ2) is 6.74. The maximum atomic E-state index is 11.3. The number of nitrogens with zero attached hydrogens (tertiary/aromatic N) is 1. The number of piperidine rings is 1. The van der Waals surface area contributed by atoms with Crippen LogP contribution in [0.1, 0.15) is 60.3 Å². The van der Waals surface area contributed by atoms with Gasteiger partial charge in [0.1, 0.15) is 0 Å². The van der Waals surface area contributed by atoms with Gasteiger partial charge < -0.3 is 10.0 Å². The van der Waals surface area contributed by atoms with Crippen LogP contribution in [0.15, 0.2) is 0 Å². The highest BCUT2D eigenvalue weighted by Gasteiger charge is 2.38. The lowest BCUT2D eigenvalue weighted by atomic mass is 9.79. The van der Waals surface area contributed by atoms with E-state index >= 15 is 0 Å². The number of likely N-dealkylation sites (tertiary alicyclic amines) is 1. The number of hydrogen-bond donors (Lipinski definition) is 1. The minimum absolute atomic E-state index is 0.503. The van der Waals surface area contributed by atoms with Crippen LogP contribution in [-0.2, 0) is 4.79 Å². The molecule has 0 aromatic rings. The van der Waals surface area contributed by atoms with Crippen LogP contribution in [0.4, 0.5) is 0 Å². The van der Waals surface area contributed by atoms with Gasteiger partial charge in [-0.15, -0.1) is 0 Å². The fourth-order valence-electron chi connectivity index (χ4n) is 3.08. The fraction of sp³-hybridized carbons (Fsp3) is 0.938. The third kappa shape index (κ3) is 4.79. The molecule has 1 rings (SSSR count). The van der Waals surface area contributed by atoms with Crippen molar-refractivity contribution in [3.05, 3.63) is 0 Å². The summed E-state index contributed by atoms with van der Waals surface area (Å²) in [5.74, 6) is 0.782. The van der Waals surface area contributed by atoms with Crippen molar-refractivity contribution in [2.75, 3.05) is 13.1 Å². The molecule has 3 nitrogen and oxygen atoms in total. The predicted octanol–water partition coefficient (Wildman–Crippen LogP) is 3.63. The summed E-state index contributed by atoms with van der Waals surface area (Å²) in [7, 11) is 0. The van der Waals surface area contributed by atoms with Gasteiger partial charge in [-0.05, 0) is 57.5 Å². The molecular weight excluding hydrogens is 238 g/mol. The van der Waals surface area contributed by atoms with E-state index < -0.39 is 11.4 Å². The molecule has 1 aliphatic rings. The third-order valence-corrected chi connectivity index (χ3v) is 4.42. The van der Waals surface area contributed by atoms with Crippen LogP contribution >= 0.6 is 0 Å². The van der Waals surface area contributed by atoms with Crippen LogP contribution < -0.4 is 0 Å². The van der Waals surface area contributed by atoms with Crippen molar-refractivity contribution in [3.8, 4) is 0 Å². The Morgan fingerprint density at radius 1 is 1.11 bits per heavy atom. The van der Waals surface area contributed by atoms with Crippen molar-refractivity contribution >= 4 is 5.97 Å². The highest BCUT2D eigenvalue weighted by molar-refractivity contribution is 5.74. The molecule has 1 aliphatic heterocycles. The Bertz CT molecular complexity index is 281. The van der Waals surface area contributed by atoms with Crippen LogP contribution in [0, 0.1) is 17.3 Å². The molecule has 1 saturated heterocycles. The zero-order valence-corrected chi connectivity index (χ0v) is 13.3. The van der Waals surface area contributed by atoms with Gasteiger partial charge in [-0.1, -0.05) is 27.7 Å². The standard InChI is InChI=1S/C16H31NO2/c1-12(2)10-14(11-13(3)4)17-8-6-16(5,7-9-17)15(18)19/h12-14H,6-11H2,1-5H3,(H,18,19). The first kappa shape index (κ1) is 16.5. The molecule has 1 N–H and O–H groups in total. The lowest BCUT2D eigenvalue weighted by molar-refractivity contribution is -0.151. The Balaban J connectivity index is 2.61. The topological polar surface area (TPSA) is 40.5 Å². The van der Waals surface area contributed by atoms with Gasteiger partial charge in [0.05, 0.1) is 5.41 Å². The zero-order chi connectivity index (χ0) is 14.6. The quantitative estimate of drug-likeness (QED) is 0.800. The van der Waals surface area contributed by atoms with E-state index in [4.69, 9.17) is 0 Å². The summed E-state index contributed by atoms with van der Waals surface area (Å²) in [6.07, 6.45) is 4.02. The van der Waals surface area contributed by atoms with Crippen molar-refractivity contribution in [1.29, 1.82) is 0 Å². The van der Waals surface area contributed by atoms with Crippen molar-refractivity contribution in [3.63, 3.8) is 0 Å². The predicted molar refractivity (Wildman–Crippen MR) is 79.2 cm³/mol. The number of carboxylic acids is 1. The summed E-state index contributed by atoms with van der Waals surface area (Å²) < 4.78 is 0. The zero-order valence-electron chi connectivity index (χ0n) is 13.3. The molecule has 3 heteroatoms. The lowest BCUT2D eigenvalue weighted by Gasteiger charge is -2.41. The Labute approximate surface area is 118 Å². The maximum Gasteiger partial charge on any atom is 0.309 e. The smallest absolute Gasteiger partial charge is 0.309 e. The Morgan fingerprint density at radius 3 is 1.84 bits per heavy atom. The van der Waals surface area contributed by atoms with Crippen LogP contribution in [0.25, 0.3) is 0 Å². The number of aliphatic carboxylic acids is 1. The van der Waals surface area contributed by atoms with Gasteiger partial charge in [-0.3, -0.25) is 4.79 Å². The summed E-state index contributed by atoms with van der Waals surface area (Å²) in [4.78, 5) is 13.8. The number of rotatable bonds is 6. The Morgan fingerprint density at radius 2 is 1.53 bits per heavy atom. The maximum absolute atomic E-state index is 11.3. The summed E-state index contributed by atoms with van der Waals surface area (Å²) >= 11 is 0. The first-order chi connectivity index (χ1) is 8.74. The fourth-order valence-corrected chi connectivity index (χ4v) is 3.08. The van der Waals surface area contributed by atoms with Crippen LogP contribution in [0.5, 0.6) is 0 Å².